The van der Waals surface area contributed by atoms with E-state index in [1.165, 1.54) is 36.1 Å². The SMILES string of the molecule is CC.CC.CC(C)c1ccnc2c1CCC2. The number of hydrogen-bond acceptors (Lipinski definition) is 1. The van der Waals surface area contributed by atoms with E-state index in [1.807, 2.05) is 33.9 Å². The van der Waals surface area contributed by atoms with Crippen molar-refractivity contribution in [3.05, 3.63) is 29.1 Å². The van der Waals surface area contributed by atoms with Crippen molar-refractivity contribution >= 4 is 0 Å². The van der Waals surface area contributed by atoms with E-state index in [0.29, 0.717) is 5.92 Å². The summed E-state index contributed by atoms with van der Waals surface area (Å²) in [7, 11) is 0. The van der Waals surface area contributed by atoms with Crippen molar-refractivity contribution in [3.63, 3.8) is 0 Å². The number of aromatic nitrogens is 1. The van der Waals surface area contributed by atoms with Crippen molar-refractivity contribution in [2.75, 3.05) is 0 Å². The zero-order chi connectivity index (χ0) is 12.6. The smallest absolute Gasteiger partial charge is 0.0438 e. The molecule has 0 spiro atoms. The highest BCUT2D eigenvalue weighted by Gasteiger charge is 2.16. The summed E-state index contributed by atoms with van der Waals surface area (Å²) >= 11 is 0. The van der Waals surface area contributed by atoms with Crippen LogP contribution in [-0.4, -0.2) is 4.98 Å². The summed E-state index contributed by atoms with van der Waals surface area (Å²) < 4.78 is 0. The first-order valence-corrected chi connectivity index (χ1v) is 6.75. The number of rotatable bonds is 1. The highest BCUT2D eigenvalue weighted by molar-refractivity contribution is 5.35. The molecule has 0 amide bonds. The highest BCUT2D eigenvalue weighted by atomic mass is 14.7. The van der Waals surface area contributed by atoms with Crippen molar-refractivity contribution < 1.29 is 0 Å². The summed E-state index contributed by atoms with van der Waals surface area (Å²) in [6.45, 7) is 12.5. The number of aryl methyl sites for hydroxylation is 1. The van der Waals surface area contributed by atoms with E-state index in [0.717, 1.165) is 0 Å². The van der Waals surface area contributed by atoms with Crippen molar-refractivity contribution in [1.29, 1.82) is 0 Å². The van der Waals surface area contributed by atoms with Gasteiger partial charge in [-0.2, -0.15) is 0 Å². The van der Waals surface area contributed by atoms with E-state index in [-0.39, 0.29) is 0 Å². The van der Waals surface area contributed by atoms with Crippen molar-refractivity contribution in [2.45, 2.75) is 66.7 Å². The molecule has 0 bridgehead atoms. The molecule has 0 N–H and O–H groups in total. The number of nitrogens with zero attached hydrogens (tertiary/aromatic N) is 1. The standard InChI is InChI=1S/C11H15N.2C2H6/c1-8(2)9-6-7-12-11-5-3-4-10(9)11;2*1-2/h6-8H,3-5H2,1-2H3;2*1-2H3. The van der Waals surface area contributed by atoms with Gasteiger partial charge in [-0.25, -0.2) is 0 Å². The Hall–Kier alpha value is -0.850. The van der Waals surface area contributed by atoms with Gasteiger partial charge in [-0.1, -0.05) is 41.5 Å². The molecule has 0 saturated carbocycles. The van der Waals surface area contributed by atoms with Gasteiger partial charge in [0.15, 0.2) is 0 Å². The van der Waals surface area contributed by atoms with Gasteiger partial charge in [0.1, 0.15) is 0 Å². The Balaban J connectivity index is 0.000000509. The lowest BCUT2D eigenvalue weighted by Crippen LogP contribution is -1.97. The molecule has 1 heterocycles. The van der Waals surface area contributed by atoms with Gasteiger partial charge in [-0.05, 0) is 42.4 Å². The van der Waals surface area contributed by atoms with Gasteiger partial charge < -0.3 is 0 Å². The predicted octanol–water partition coefficient (Wildman–Crippen LogP) is 4.75. The summed E-state index contributed by atoms with van der Waals surface area (Å²) in [4.78, 5) is 4.40. The first-order chi connectivity index (χ1) is 7.79. The van der Waals surface area contributed by atoms with Crippen LogP contribution in [0.4, 0.5) is 0 Å². The molecule has 1 aliphatic rings. The third kappa shape index (κ3) is 3.62. The van der Waals surface area contributed by atoms with Gasteiger partial charge in [0, 0.05) is 11.9 Å². The predicted molar refractivity (Wildman–Crippen MR) is 73.0 cm³/mol. The Morgan fingerprint density at radius 3 is 2.25 bits per heavy atom. The van der Waals surface area contributed by atoms with Crippen LogP contribution in [0, 0.1) is 0 Å². The fourth-order valence-electron chi connectivity index (χ4n) is 2.03. The Kier molecular flexibility index (Phi) is 7.88. The number of hydrogen-bond donors (Lipinski definition) is 0. The molecule has 0 saturated heterocycles. The molecule has 1 heteroatoms. The molecule has 0 fully saturated rings. The van der Waals surface area contributed by atoms with E-state index >= 15 is 0 Å². The summed E-state index contributed by atoms with van der Waals surface area (Å²) in [5.74, 6) is 0.653. The minimum absolute atomic E-state index is 0.653. The second-order valence-corrected chi connectivity index (χ2v) is 3.83. The summed E-state index contributed by atoms with van der Waals surface area (Å²) in [5.41, 5.74) is 4.39. The molecule has 0 aliphatic heterocycles. The second-order valence-electron chi connectivity index (χ2n) is 3.83. The maximum Gasteiger partial charge on any atom is 0.0438 e. The Morgan fingerprint density at radius 1 is 1.06 bits per heavy atom. The largest absolute Gasteiger partial charge is 0.261 e. The maximum atomic E-state index is 4.40. The number of pyridine rings is 1. The fraction of sp³-hybridized carbons (Fsp3) is 0.667. The molecule has 2 rings (SSSR count). The molecule has 92 valence electrons. The van der Waals surface area contributed by atoms with Crippen LogP contribution < -0.4 is 0 Å². The van der Waals surface area contributed by atoms with E-state index in [1.54, 1.807) is 0 Å². The molecule has 0 radical (unpaired) electrons. The van der Waals surface area contributed by atoms with E-state index in [2.05, 4.69) is 24.9 Å². The van der Waals surface area contributed by atoms with Crippen molar-refractivity contribution in [1.82, 2.24) is 4.98 Å². The Bertz CT molecular complexity index is 289. The Morgan fingerprint density at radius 2 is 1.69 bits per heavy atom. The molecule has 0 unspecified atom stereocenters. The average Bonchev–Trinajstić information content (AvgIpc) is 2.81. The molecule has 1 aromatic rings. The molecule has 1 nitrogen and oxygen atoms in total. The van der Waals surface area contributed by atoms with E-state index < -0.39 is 0 Å². The lowest BCUT2D eigenvalue weighted by Gasteiger charge is -2.10. The number of fused-ring (bicyclic) bond motifs is 1. The molecule has 0 aromatic carbocycles. The van der Waals surface area contributed by atoms with Crippen molar-refractivity contribution in [2.24, 2.45) is 0 Å². The Labute approximate surface area is 101 Å². The average molecular weight is 221 g/mol. The molecule has 1 aromatic heterocycles. The third-order valence-electron chi connectivity index (χ3n) is 2.64. The minimum atomic E-state index is 0.653. The summed E-state index contributed by atoms with van der Waals surface area (Å²) in [5, 5.41) is 0. The first-order valence-electron chi connectivity index (χ1n) is 6.75. The van der Waals surface area contributed by atoms with E-state index in [4.69, 9.17) is 0 Å². The highest BCUT2D eigenvalue weighted by Crippen LogP contribution is 2.27. The molecule has 16 heavy (non-hydrogen) atoms. The van der Waals surface area contributed by atoms with Gasteiger partial charge in [0.05, 0.1) is 0 Å². The van der Waals surface area contributed by atoms with E-state index in [9.17, 15) is 0 Å². The van der Waals surface area contributed by atoms with Crippen LogP contribution in [0.25, 0.3) is 0 Å². The molecular weight excluding hydrogens is 194 g/mol. The lowest BCUT2D eigenvalue weighted by molar-refractivity contribution is 0.837. The van der Waals surface area contributed by atoms with Crippen LogP contribution >= 0.6 is 0 Å². The normalized spacial score (nSPS) is 12.2. The van der Waals surface area contributed by atoms with Crippen LogP contribution in [-0.2, 0) is 12.8 Å². The van der Waals surface area contributed by atoms with Gasteiger partial charge in [0.25, 0.3) is 0 Å². The summed E-state index contributed by atoms with van der Waals surface area (Å²) in [6.07, 6.45) is 5.69. The molecule has 0 atom stereocenters. The monoisotopic (exact) mass is 221 g/mol. The van der Waals surface area contributed by atoms with Crippen LogP contribution in [0.1, 0.15) is 70.7 Å². The minimum Gasteiger partial charge on any atom is -0.261 e. The topological polar surface area (TPSA) is 12.9 Å². The maximum absolute atomic E-state index is 4.40. The lowest BCUT2D eigenvalue weighted by atomic mass is 9.98. The zero-order valence-electron chi connectivity index (χ0n) is 11.8. The first kappa shape index (κ1) is 15.2. The van der Waals surface area contributed by atoms with Gasteiger partial charge in [0.2, 0.25) is 0 Å². The van der Waals surface area contributed by atoms with Crippen molar-refractivity contribution in [3.8, 4) is 0 Å². The van der Waals surface area contributed by atoms with Crippen LogP contribution in [0.2, 0.25) is 0 Å². The molecule has 1 aliphatic carbocycles. The van der Waals surface area contributed by atoms with Gasteiger partial charge in [-0.3, -0.25) is 4.98 Å². The second kappa shape index (κ2) is 8.32. The molecular formula is C15H27N. The zero-order valence-corrected chi connectivity index (χ0v) is 11.8. The quantitative estimate of drug-likeness (QED) is 0.667. The third-order valence-corrected chi connectivity index (χ3v) is 2.64. The van der Waals surface area contributed by atoms with Crippen LogP contribution in [0.15, 0.2) is 12.3 Å². The van der Waals surface area contributed by atoms with Gasteiger partial charge in [-0.15, -0.1) is 0 Å². The fourth-order valence-corrected chi connectivity index (χ4v) is 2.03. The van der Waals surface area contributed by atoms with Gasteiger partial charge >= 0.3 is 0 Å². The van der Waals surface area contributed by atoms with Crippen LogP contribution in [0.5, 0.6) is 0 Å². The van der Waals surface area contributed by atoms with Crippen LogP contribution in [0.3, 0.4) is 0 Å². The summed E-state index contributed by atoms with van der Waals surface area (Å²) in [6, 6.07) is 2.18.